The van der Waals surface area contributed by atoms with Crippen LogP contribution in [0.2, 0.25) is 5.02 Å². The molecule has 2 aromatic heterocycles. The molecule has 0 aliphatic heterocycles. The Morgan fingerprint density at radius 3 is 2.59 bits per heavy atom. The number of benzene rings is 1. The van der Waals surface area contributed by atoms with Crippen LogP contribution in [-0.4, -0.2) is 30.6 Å². The minimum absolute atomic E-state index is 0.0319. The van der Waals surface area contributed by atoms with E-state index in [1.165, 1.54) is 19.4 Å². The molecular weight excluding hydrogens is 374 g/mol. The Balaban J connectivity index is 2.02. The monoisotopic (exact) mass is 389 g/mol. The number of nitrogens with one attached hydrogen (secondary N) is 2. The van der Waals surface area contributed by atoms with Crippen LogP contribution in [0.3, 0.4) is 0 Å². The molecule has 2 heterocycles. The number of ether oxygens (including phenoxy) is 2. The minimum atomic E-state index is -0.651. The van der Waals surface area contributed by atoms with E-state index in [0.717, 1.165) is 0 Å². The van der Waals surface area contributed by atoms with Gasteiger partial charge in [0, 0.05) is 17.3 Å². The van der Waals surface area contributed by atoms with Crippen molar-refractivity contribution in [3.05, 3.63) is 52.9 Å². The summed E-state index contributed by atoms with van der Waals surface area (Å²) in [7, 11) is 1.24. The molecule has 0 saturated heterocycles. The van der Waals surface area contributed by atoms with Crippen LogP contribution in [0.15, 0.2) is 40.9 Å². The van der Waals surface area contributed by atoms with Crippen molar-refractivity contribution >= 4 is 46.0 Å². The number of hydrogen-bond acceptors (Lipinski definition) is 8. The largest absolute Gasteiger partial charge is 0.463 e. The Morgan fingerprint density at radius 2 is 1.93 bits per heavy atom. The summed E-state index contributed by atoms with van der Waals surface area (Å²) in [6.45, 7) is 1.91. The second kappa shape index (κ2) is 7.96. The molecule has 0 spiro atoms. The number of hydrogen-bond donors (Lipinski definition) is 2. The summed E-state index contributed by atoms with van der Waals surface area (Å²) in [6.07, 6.45) is 1.32. The van der Waals surface area contributed by atoms with Gasteiger partial charge < -0.3 is 19.3 Å². The van der Waals surface area contributed by atoms with Crippen LogP contribution in [0.4, 0.5) is 11.4 Å². The predicted molar refractivity (Wildman–Crippen MR) is 100 cm³/mol. The van der Waals surface area contributed by atoms with Gasteiger partial charge in [0.1, 0.15) is 5.56 Å². The van der Waals surface area contributed by atoms with Crippen LogP contribution in [0.25, 0.3) is 11.1 Å². The third-order valence-electron chi connectivity index (χ3n) is 3.62. The van der Waals surface area contributed by atoms with Crippen molar-refractivity contribution in [3.8, 4) is 0 Å². The molecule has 0 unspecified atom stereocenters. The van der Waals surface area contributed by atoms with E-state index in [-0.39, 0.29) is 23.6 Å². The first-order chi connectivity index (χ1) is 13.0. The van der Waals surface area contributed by atoms with Gasteiger partial charge in [-0.15, -0.1) is 0 Å². The summed E-state index contributed by atoms with van der Waals surface area (Å²) in [5.41, 5.74) is 7.34. The summed E-state index contributed by atoms with van der Waals surface area (Å²) in [5.74, 6) is -1.24. The second-order valence-electron chi connectivity index (χ2n) is 5.35. The molecule has 0 radical (unpaired) electrons. The topological polar surface area (TPSA) is 103 Å². The predicted octanol–water partition coefficient (Wildman–Crippen LogP) is 3.88. The number of aromatic nitrogens is 1. The Kier molecular flexibility index (Phi) is 5.46. The van der Waals surface area contributed by atoms with E-state index >= 15 is 0 Å². The third kappa shape index (κ3) is 3.95. The van der Waals surface area contributed by atoms with Gasteiger partial charge in [0.05, 0.1) is 30.5 Å². The third-order valence-corrected chi connectivity index (χ3v) is 3.87. The smallest absolute Gasteiger partial charge is 0.374 e. The number of halogens is 1. The lowest BCUT2D eigenvalue weighted by molar-refractivity contribution is 0.0525. The highest BCUT2D eigenvalue weighted by molar-refractivity contribution is 6.30. The molecular formula is C18H16ClN3O5. The Bertz CT molecular complexity index is 985. The van der Waals surface area contributed by atoms with Gasteiger partial charge >= 0.3 is 11.9 Å². The fourth-order valence-corrected chi connectivity index (χ4v) is 2.48. The lowest BCUT2D eigenvalue weighted by Crippen LogP contribution is -2.15. The molecule has 3 rings (SSSR count). The number of nitrogens with zero attached hydrogens (tertiary/aromatic N) is 1. The van der Waals surface area contributed by atoms with E-state index in [9.17, 15) is 9.59 Å². The van der Waals surface area contributed by atoms with E-state index in [0.29, 0.717) is 21.8 Å². The lowest BCUT2D eigenvalue weighted by Gasteiger charge is -2.13. The zero-order valence-corrected chi connectivity index (χ0v) is 15.3. The summed E-state index contributed by atoms with van der Waals surface area (Å²) < 4.78 is 15.1. The average Bonchev–Trinajstić information content (AvgIpc) is 3.11. The van der Waals surface area contributed by atoms with Crippen molar-refractivity contribution in [2.75, 3.05) is 24.6 Å². The van der Waals surface area contributed by atoms with Crippen molar-refractivity contribution in [3.63, 3.8) is 0 Å². The van der Waals surface area contributed by atoms with Gasteiger partial charge in [0.25, 0.3) is 0 Å². The molecule has 2 N–H and O–H groups in total. The van der Waals surface area contributed by atoms with E-state index in [1.807, 2.05) is 0 Å². The molecule has 0 bridgehead atoms. The van der Waals surface area contributed by atoms with E-state index in [2.05, 4.69) is 20.6 Å². The maximum Gasteiger partial charge on any atom is 0.374 e. The van der Waals surface area contributed by atoms with Gasteiger partial charge in [-0.05, 0) is 31.2 Å². The van der Waals surface area contributed by atoms with Crippen LogP contribution in [0, 0.1) is 0 Å². The quantitative estimate of drug-likeness (QED) is 0.483. The molecule has 0 atom stereocenters. The molecule has 0 aliphatic rings. The Morgan fingerprint density at radius 1 is 1.19 bits per heavy atom. The van der Waals surface area contributed by atoms with Crippen molar-refractivity contribution in [2.45, 2.75) is 6.92 Å². The van der Waals surface area contributed by atoms with Crippen molar-refractivity contribution in [1.82, 2.24) is 4.98 Å². The molecule has 0 saturated carbocycles. The first-order valence-electron chi connectivity index (χ1n) is 7.99. The highest BCUT2D eigenvalue weighted by Gasteiger charge is 2.21. The first kappa shape index (κ1) is 18.5. The fourth-order valence-electron chi connectivity index (χ4n) is 2.36. The number of pyridine rings is 1. The highest BCUT2D eigenvalue weighted by atomic mass is 35.5. The molecule has 0 fully saturated rings. The van der Waals surface area contributed by atoms with Gasteiger partial charge in [-0.2, -0.15) is 0 Å². The number of hydrazine groups is 1. The molecule has 0 aliphatic carbocycles. The maximum absolute atomic E-state index is 12.3. The number of carbonyl (C=O) groups is 2. The zero-order valence-electron chi connectivity index (χ0n) is 14.5. The summed E-state index contributed by atoms with van der Waals surface area (Å²) in [5, 5.41) is 1.01. The zero-order chi connectivity index (χ0) is 19.4. The molecule has 9 heteroatoms. The number of rotatable bonds is 6. The summed E-state index contributed by atoms with van der Waals surface area (Å²) in [4.78, 5) is 28.1. The number of anilines is 2. The van der Waals surface area contributed by atoms with Gasteiger partial charge in [-0.3, -0.25) is 5.43 Å². The lowest BCUT2D eigenvalue weighted by atomic mass is 10.2. The SMILES string of the molecule is CCOC(=O)c1cnc2oc(C(=O)OC)cc2c1NNc1ccc(Cl)cc1. The van der Waals surface area contributed by atoms with Crippen LogP contribution < -0.4 is 10.9 Å². The molecule has 0 amide bonds. The minimum Gasteiger partial charge on any atom is -0.463 e. The second-order valence-corrected chi connectivity index (χ2v) is 5.78. The van der Waals surface area contributed by atoms with Crippen LogP contribution in [-0.2, 0) is 9.47 Å². The van der Waals surface area contributed by atoms with Gasteiger partial charge in [0.2, 0.25) is 11.5 Å². The summed E-state index contributed by atoms with van der Waals surface area (Å²) in [6, 6.07) is 8.39. The molecule has 8 nitrogen and oxygen atoms in total. The van der Waals surface area contributed by atoms with E-state index in [1.54, 1.807) is 31.2 Å². The molecule has 3 aromatic rings. The number of methoxy groups -OCH3 is 1. The molecule has 27 heavy (non-hydrogen) atoms. The average molecular weight is 390 g/mol. The van der Waals surface area contributed by atoms with E-state index < -0.39 is 11.9 Å². The van der Waals surface area contributed by atoms with Crippen molar-refractivity contribution in [2.24, 2.45) is 0 Å². The van der Waals surface area contributed by atoms with Gasteiger partial charge in [-0.25, -0.2) is 14.6 Å². The fraction of sp³-hybridized carbons (Fsp3) is 0.167. The number of furan rings is 1. The molecule has 140 valence electrons. The van der Waals surface area contributed by atoms with Gasteiger partial charge in [-0.1, -0.05) is 11.6 Å². The number of esters is 2. The number of carbonyl (C=O) groups excluding carboxylic acids is 2. The Labute approximate surface area is 159 Å². The number of fused-ring (bicyclic) bond motifs is 1. The van der Waals surface area contributed by atoms with Crippen LogP contribution in [0.5, 0.6) is 0 Å². The standard InChI is InChI=1S/C18H16ClN3O5/c1-3-26-17(23)13-9-20-16-12(8-14(27-16)18(24)25-2)15(13)22-21-11-6-4-10(19)5-7-11/h4-9,21H,3H2,1-2H3,(H,20,22). The van der Waals surface area contributed by atoms with Crippen molar-refractivity contribution in [1.29, 1.82) is 0 Å². The van der Waals surface area contributed by atoms with Crippen molar-refractivity contribution < 1.29 is 23.5 Å². The Hall–Kier alpha value is -3.26. The summed E-state index contributed by atoms with van der Waals surface area (Å²) >= 11 is 5.88. The first-order valence-corrected chi connectivity index (χ1v) is 8.36. The highest BCUT2D eigenvalue weighted by Crippen LogP contribution is 2.30. The van der Waals surface area contributed by atoms with Crippen LogP contribution >= 0.6 is 11.6 Å². The molecule has 1 aromatic carbocycles. The van der Waals surface area contributed by atoms with E-state index in [4.69, 9.17) is 20.8 Å². The normalized spacial score (nSPS) is 10.5. The van der Waals surface area contributed by atoms with Crippen LogP contribution in [0.1, 0.15) is 27.8 Å². The maximum atomic E-state index is 12.3. The van der Waals surface area contributed by atoms with Gasteiger partial charge in [0.15, 0.2) is 0 Å².